The number of nitrogens with zero attached hydrogens (tertiary/aromatic N) is 2. The van der Waals surface area contributed by atoms with Crippen molar-refractivity contribution in [3.05, 3.63) is 53.6 Å². The molecule has 22 heavy (non-hydrogen) atoms. The van der Waals surface area contributed by atoms with E-state index in [1.807, 2.05) is 18.4 Å². The highest BCUT2D eigenvalue weighted by Gasteiger charge is 2.24. The maximum atomic E-state index is 12.3. The third-order valence-corrected chi connectivity index (χ3v) is 4.14. The van der Waals surface area contributed by atoms with Gasteiger partial charge in [0.25, 0.3) is 0 Å². The lowest BCUT2D eigenvalue weighted by molar-refractivity contribution is 0.0363. The third kappa shape index (κ3) is 2.91. The number of benzene rings is 1. The van der Waals surface area contributed by atoms with Gasteiger partial charge in [0.15, 0.2) is 0 Å². The topological polar surface area (TPSA) is 44.1 Å². The number of ether oxygens (including phenoxy) is 1. The standard InChI is InChI=1S/C18H22N2O2/c1-13(2)22-18(21)17-11-19-12-20(17)16-10-6-4-8-14-7-3-5-9-15(14)16/h3,5,7,9,11-13,16H,4,6,8,10H2,1-2H3/t16-/m0/s1. The lowest BCUT2D eigenvalue weighted by Gasteiger charge is -2.21. The Morgan fingerprint density at radius 1 is 1.32 bits per heavy atom. The summed E-state index contributed by atoms with van der Waals surface area (Å²) in [5.74, 6) is -0.297. The number of fused-ring (bicyclic) bond motifs is 1. The molecule has 0 fully saturated rings. The highest BCUT2D eigenvalue weighted by atomic mass is 16.5. The lowest BCUT2D eigenvalue weighted by Crippen LogP contribution is -2.19. The smallest absolute Gasteiger partial charge is 0.356 e. The minimum absolute atomic E-state index is 0.128. The van der Waals surface area contributed by atoms with Gasteiger partial charge < -0.3 is 9.30 Å². The van der Waals surface area contributed by atoms with Crippen molar-refractivity contribution in [3.8, 4) is 0 Å². The van der Waals surface area contributed by atoms with Crippen LogP contribution in [0.3, 0.4) is 0 Å². The van der Waals surface area contributed by atoms with Crippen LogP contribution in [0.4, 0.5) is 0 Å². The summed E-state index contributed by atoms with van der Waals surface area (Å²) in [6.07, 6.45) is 7.70. The van der Waals surface area contributed by atoms with E-state index in [1.165, 1.54) is 17.5 Å². The summed E-state index contributed by atoms with van der Waals surface area (Å²) in [4.78, 5) is 16.5. The first kappa shape index (κ1) is 14.8. The molecule has 1 aliphatic carbocycles. The van der Waals surface area contributed by atoms with E-state index in [0.717, 1.165) is 19.3 Å². The number of imidazole rings is 1. The van der Waals surface area contributed by atoms with Crippen molar-refractivity contribution in [1.82, 2.24) is 9.55 Å². The quantitative estimate of drug-likeness (QED) is 0.640. The van der Waals surface area contributed by atoms with Crippen LogP contribution in [0.15, 0.2) is 36.8 Å². The summed E-state index contributed by atoms with van der Waals surface area (Å²) in [6, 6.07) is 8.68. The minimum Gasteiger partial charge on any atom is -0.458 e. The van der Waals surface area contributed by atoms with Crippen LogP contribution in [-0.2, 0) is 11.2 Å². The molecule has 0 aliphatic heterocycles. The number of rotatable bonds is 3. The predicted octanol–water partition coefficient (Wildman–Crippen LogP) is 3.76. The molecule has 0 spiro atoms. The van der Waals surface area contributed by atoms with Gasteiger partial charge in [-0.3, -0.25) is 0 Å². The summed E-state index contributed by atoms with van der Waals surface area (Å²) in [6.45, 7) is 3.72. The number of aryl methyl sites for hydroxylation is 1. The van der Waals surface area contributed by atoms with Crippen molar-refractivity contribution in [1.29, 1.82) is 0 Å². The fourth-order valence-corrected chi connectivity index (χ4v) is 3.17. The molecule has 4 heteroatoms. The summed E-state index contributed by atoms with van der Waals surface area (Å²) in [5, 5.41) is 0. The molecular weight excluding hydrogens is 276 g/mol. The van der Waals surface area contributed by atoms with E-state index in [2.05, 4.69) is 29.2 Å². The second-order valence-corrected chi connectivity index (χ2v) is 6.10. The number of aromatic nitrogens is 2. The summed E-state index contributed by atoms with van der Waals surface area (Å²) in [7, 11) is 0. The minimum atomic E-state index is -0.297. The Morgan fingerprint density at radius 3 is 2.95 bits per heavy atom. The molecule has 1 aliphatic rings. The highest BCUT2D eigenvalue weighted by molar-refractivity contribution is 5.87. The SMILES string of the molecule is CC(C)OC(=O)c1cncn1[C@H]1CCCCc2ccccc21. The second kappa shape index (κ2) is 6.34. The first-order chi connectivity index (χ1) is 10.7. The van der Waals surface area contributed by atoms with Gasteiger partial charge in [-0.1, -0.05) is 30.7 Å². The molecule has 0 saturated carbocycles. The van der Waals surface area contributed by atoms with Crippen molar-refractivity contribution in [2.45, 2.75) is 51.7 Å². The van der Waals surface area contributed by atoms with Gasteiger partial charge in [0, 0.05) is 0 Å². The van der Waals surface area contributed by atoms with Gasteiger partial charge in [-0.25, -0.2) is 9.78 Å². The van der Waals surface area contributed by atoms with E-state index in [-0.39, 0.29) is 18.1 Å². The van der Waals surface area contributed by atoms with Crippen LogP contribution in [-0.4, -0.2) is 21.6 Å². The molecular formula is C18H22N2O2. The Kier molecular flexibility index (Phi) is 4.27. The van der Waals surface area contributed by atoms with Crippen molar-refractivity contribution in [2.24, 2.45) is 0 Å². The summed E-state index contributed by atoms with van der Waals surface area (Å²) < 4.78 is 7.33. The second-order valence-electron chi connectivity index (χ2n) is 6.10. The summed E-state index contributed by atoms with van der Waals surface area (Å²) in [5.41, 5.74) is 3.22. The molecule has 0 saturated heterocycles. The number of hydrogen-bond donors (Lipinski definition) is 0. The van der Waals surface area contributed by atoms with E-state index in [1.54, 1.807) is 12.5 Å². The van der Waals surface area contributed by atoms with Crippen molar-refractivity contribution in [2.75, 3.05) is 0 Å². The maximum Gasteiger partial charge on any atom is 0.356 e. The van der Waals surface area contributed by atoms with Crippen LogP contribution in [0.2, 0.25) is 0 Å². The molecule has 2 aromatic rings. The lowest BCUT2D eigenvalue weighted by atomic mass is 9.99. The molecule has 116 valence electrons. The predicted molar refractivity (Wildman–Crippen MR) is 84.9 cm³/mol. The Morgan fingerprint density at radius 2 is 2.14 bits per heavy atom. The normalized spacial score (nSPS) is 17.9. The van der Waals surface area contributed by atoms with Gasteiger partial charge in [0.05, 0.1) is 24.7 Å². The van der Waals surface area contributed by atoms with Crippen LogP contribution in [0.1, 0.15) is 60.8 Å². The van der Waals surface area contributed by atoms with Gasteiger partial charge >= 0.3 is 5.97 Å². The van der Waals surface area contributed by atoms with Crippen LogP contribution in [0.5, 0.6) is 0 Å². The Bertz CT molecular complexity index is 661. The molecule has 1 aromatic heterocycles. The van der Waals surface area contributed by atoms with Gasteiger partial charge in [-0.05, 0) is 44.2 Å². The van der Waals surface area contributed by atoms with E-state index in [9.17, 15) is 4.79 Å². The summed E-state index contributed by atoms with van der Waals surface area (Å²) >= 11 is 0. The van der Waals surface area contributed by atoms with E-state index in [4.69, 9.17) is 4.74 Å². The van der Waals surface area contributed by atoms with Crippen molar-refractivity contribution < 1.29 is 9.53 Å². The molecule has 1 atom stereocenters. The molecule has 1 aromatic carbocycles. The fraction of sp³-hybridized carbons (Fsp3) is 0.444. The monoisotopic (exact) mass is 298 g/mol. The molecule has 0 amide bonds. The largest absolute Gasteiger partial charge is 0.458 e. The van der Waals surface area contributed by atoms with Crippen LogP contribution in [0, 0.1) is 0 Å². The maximum absolute atomic E-state index is 12.3. The zero-order chi connectivity index (χ0) is 15.5. The van der Waals surface area contributed by atoms with Crippen LogP contribution in [0.25, 0.3) is 0 Å². The zero-order valence-corrected chi connectivity index (χ0v) is 13.2. The Hall–Kier alpha value is -2.10. The number of hydrogen-bond acceptors (Lipinski definition) is 3. The molecule has 0 radical (unpaired) electrons. The van der Waals surface area contributed by atoms with Gasteiger partial charge in [-0.15, -0.1) is 0 Å². The molecule has 0 unspecified atom stereocenters. The molecule has 0 N–H and O–H groups in total. The molecule has 0 bridgehead atoms. The van der Waals surface area contributed by atoms with Crippen molar-refractivity contribution >= 4 is 5.97 Å². The van der Waals surface area contributed by atoms with E-state index >= 15 is 0 Å². The Balaban J connectivity index is 1.98. The molecule has 1 heterocycles. The first-order valence-electron chi connectivity index (χ1n) is 7.97. The number of carbonyl (C=O) groups is 1. The average Bonchev–Trinajstić information content (AvgIpc) is 2.87. The zero-order valence-electron chi connectivity index (χ0n) is 13.2. The van der Waals surface area contributed by atoms with Gasteiger partial charge in [-0.2, -0.15) is 0 Å². The van der Waals surface area contributed by atoms with E-state index < -0.39 is 0 Å². The van der Waals surface area contributed by atoms with Crippen LogP contribution < -0.4 is 0 Å². The highest BCUT2D eigenvalue weighted by Crippen LogP contribution is 2.32. The van der Waals surface area contributed by atoms with Gasteiger partial charge in [0.1, 0.15) is 5.69 Å². The first-order valence-corrected chi connectivity index (χ1v) is 7.97. The molecule has 4 nitrogen and oxygen atoms in total. The third-order valence-electron chi connectivity index (χ3n) is 4.14. The van der Waals surface area contributed by atoms with E-state index in [0.29, 0.717) is 5.69 Å². The van der Waals surface area contributed by atoms with Crippen molar-refractivity contribution in [3.63, 3.8) is 0 Å². The number of esters is 1. The number of carbonyl (C=O) groups excluding carboxylic acids is 1. The van der Waals surface area contributed by atoms with Gasteiger partial charge in [0.2, 0.25) is 0 Å². The van der Waals surface area contributed by atoms with Crippen LogP contribution >= 0.6 is 0 Å². The molecule has 3 rings (SSSR count). The average molecular weight is 298 g/mol. The fourth-order valence-electron chi connectivity index (χ4n) is 3.17. The Labute approximate surface area is 131 Å².